The Morgan fingerprint density at radius 1 is 1.17 bits per heavy atom. The number of nitrogens with one attached hydrogen (secondary N) is 1. The highest BCUT2D eigenvalue weighted by molar-refractivity contribution is 5.79. The number of aromatic nitrogens is 2. The maximum absolute atomic E-state index is 14.2. The lowest BCUT2D eigenvalue weighted by Gasteiger charge is -2.18. The van der Waals surface area contributed by atoms with Crippen molar-refractivity contribution in [3.63, 3.8) is 0 Å². The summed E-state index contributed by atoms with van der Waals surface area (Å²) in [5.41, 5.74) is 3.39. The maximum atomic E-state index is 14.2. The van der Waals surface area contributed by atoms with E-state index in [1.807, 2.05) is 32.9 Å². The molecule has 6 nitrogen and oxygen atoms in total. The summed E-state index contributed by atoms with van der Waals surface area (Å²) in [5, 5.41) is 7.44. The van der Waals surface area contributed by atoms with E-state index in [9.17, 15) is 9.18 Å². The van der Waals surface area contributed by atoms with Gasteiger partial charge in [0.2, 0.25) is 5.91 Å². The van der Waals surface area contributed by atoms with Gasteiger partial charge in [-0.2, -0.15) is 5.10 Å². The molecule has 3 aromatic rings. The second-order valence-corrected chi connectivity index (χ2v) is 7.09. The predicted molar refractivity (Wildman–Crippen MR) is 113 cm³/mol. The second kappa shape index (κ2) is 8.98. The van der Waals surface area contributed by atoms with Crippen LogP contribution in [0.1, 0.15) is 35.5 Å². The molecule has 0 saturated carbocycles. The van der Waals surface area contributed by atoms with Crippen molar-refractivity contribution >= 4 is 5.91 Å². The quantitative estimate of drug-likeness (QED) is 0.637. The number of nitrogens with zero attached hydrogens (tertiary/aromatic N) is 2. The summed E-state index contributed by atoms with van der Waals surface area (Å²) in [4.78, 5) is 12.8. The van der Waals surface area contributed by atoms with Crippen molar-refractivity contribution in [2.24, 2.45) is 0 Å². The number of benzene rings is 2. The minimum absolute atomic E-state index is 0.142. The molecule has 0 aliphatic rings. The summed E-state index contributed by atoms with van der Waals surface area (Å²) >= 11 is 0. The van der Waals surface area contributed by atoms with Crippen LogP contribution in [0.4, 0.5) is 4.39 Å². The Labute approximate surface area is 175 Å². The van der Waals surface area contributed by atoms with E-state index in [1.165, 1.54) is 6.07 Å². The zero-order chi connectivity index (χ0) is 21.8. The van der Waals surface area contributed by atoms with Gasteiger partial charge in [-0.3, -0.25) is 4.79 Å². The van der Waals surface area contributed by atoms with Crippen molar-refractivity contribution in [3.8, 4) is 17.2 Å². The Kier molecular flexibility index (Phi) is 6.40. The summed E-state index contributed by atoms with van der Waals surface area (Å²) < 4.78 is 26.4. The van der Waals surface area contributed by atoms with Gasteiger partial charge in [0.1, 0.15) is 23.0 Å². The molecule has 0 fully saturated rings. The van der Waals surface area contributed by atoms with Crippen molar-refractivity contribution in [2.45, 2.75) is 33.2 Å². The zero-order valence-electron chi connectivity index (χ0n) is 17.8. The maximum Gasteiger partial charge on any atom is 0.225 e. The molecule has 0 unspecified atom stereocenters. The molecule has 0 saturated heterocycles. The third-order valence-corrected chi connectivity index (χ3v) is 5.14. The zero-order valence-corrected chi connectivity index (χ0v) is 17.8. The number of hydrogen-bond acceptors (Lipinski definition) is 4. The second-order valence-electron chi connectivity index (χ2n) is 7.09. The lowest BCUT2D eigenvalue weighted by Crippen LogP contribution is -2.28. The Balaban J connectivity index is 1.80. The van der Waals surface area contributed by atoms with E-state index >= 15 is 0 Å². The first-order valence-corrected chi connectivity index (χ1v) is 9.67. The fraction of sp³-hybridized carbons (Fsp3) is 0.304. The van der Waals surface area contributed by atoms with Crippen molar-refractivity contribution in [3.05, 3.63) is 70.8 Å². The van der Waals surface area contributed by atoms with Crippen LogP contribution < -0.4 is 14.8 Å². The summed E-state index contributed by atoms with van der Waals surface area (Å²) in [7, 11) is 3.18. The van der Waals surface area contributed by atoms with Crippen molar-refractivity contribution in [1.82, 2.24) is 15.1 Å². The number of halogens is 1. The number of amides is 1. The van der Waals surface area contributed by atoms with Gasteiger partial charge in [-0.05, 0) is 51.1 Å². The SMILES string of the molecule is COc1ccc(OC)c([C@H](C)NC(=O)Cc2c(C)nn(-c3ccccc3F)c2C)c1. The molecule has 1 aromatic heterocycles. The lowest BCUT2D eigenvalue weighted by atomic mass is 10.1. The Morgan fingerprint density at radius 3 is 2.57 bits per heavy atom. The van der Waals surface area contributed by atoms with Gasteiger partial charge in [0, 0.05) is 16.8 Å². The number of para-hydroxylation sites is 1. The first-order chi connectivity index (χ1) is 14.3. The van der Waals surface area contributed by atoms with Gasteiger partial charge in [0.15, 0.2) is 0 Å². The van der Waals surface area contributed by atoms with Gasteiger partial charge in [-0.25, -0.2) is 9.07 Å². The van der Waals surface area contributed by atoms with Crippen LogP contribution in [0.3, 0.4) is 0 Å². The Morgan fingerprint density at radius 2 is 1.90 bits per heavy atom. The van der Waals surface area contributed by atoms with E-state index in [0.717, 1.165) is 16.8 Å². The highest BCUT2D eigenvalue weighted by Crippen LogP contribution is 2.29. The highest BCUT2D eigenvalue weighted by Gasteiger charge is 2.20. The normalized spacial score (nSPS) is 11.8. The number of rotatable bonds is 7. The van der Waals surface area contributed by atoms with E-state index in [2.05, 4.69) is 10.4 Å². The van der Waals surface area contributed by atoms with Gasteiger partial charge < -0.3 is 14.8 Å². The van der Waals surface area contributed by atoms with E-state index in [0.29, 0.717) is 22.9 Å². The molecule has 158 valence electrons. The highest BCUT2D eigenvalue weighted by atomic mass is 19.1. The molecular formula is C23H26FN3O3. The van der Waals surface area contributed by atoms with Crippen LogP contribution in [-0.2, 0) is 11.2 Å². The molecule has 7 heteroatoms. The van der Waals surface area contributed by atoms with Gasteiger partial charge >= 0.3 is 0 Å². The monoisotopic (exact) mass is 411 g/mol. The number of methoxy groups -OCH3 is 2. The molecule has 0 spiro atoms. The molecule has 0 aliphatic carbocycles. The lowest BCUT2D eigenvalue weighted by molar-refractivity contribution is -0.121. The van der Waals surface area contributed by atoms with Crippen LogP contribution in [0.15, 0.2) is 42.5 Å². The molecule has 1 amide bonds. The molecule has 1 heterocycles. The minimum atomic E-state index is -0.363. The predicted octanol–water partition coefficient (Wildman–Crippen LogP) is 4.07. The number of carbonyl (C=O) groups is 1. The summed E-state index contributed by atoms with van der Waals surface area (Å²) in [6.07, 6.45) is 0.142. The number of hydrogen-bond donors (Lipinski definition) is 1. The van der Waals surface area contributed by atoms with Crippen LogP contribution in [0.2, 0.25) is 0 Å². The third kappa shape index (κ3) is 4.30. The molecule has 0 bridgehead atoms. The molecular weight excluding hydrogens is 385 g/mol. The summed E-state index contributed by atoms with van der Waals surface area (Å²) in [6, 6.07) is 11.6. The fourth-order valence-corrected chi connectivity index (χ4v) is 3.50. The van der Waals surface area contributed by atoms with E-state index in [1.54, 1.807) is 43.2 Å². The molecule has 0 radical (unpaired) electrons. The minimum Gasteiger partial charge on any atom is -0.497 e. The molecule has 3 rings (SSSR count). The van der Waals surface area contributed by atoms with Gasteiger partial charge in [-0.15, -0.1) is 0 Å². The number of carbonyl (C=O) groups excluding carboxylic acids is 1. The summed E-state index contributed by atoms with van der Waals surface area (Å²) in [6.45, 7) is 5.54. The molecule has 0 aliphatic heterocycles. The average Bonchev–Trinajstić information content (AvgIpc) is 3.01. The smallest absolute Gasteiger partial charge is 0.225 e. The fourth-order valence-electron chi connectivity index (χ4n) is 3.50. The third-order valence-electron chi connectivity index (χ3n) is 5.14. The Bertz CT molecular complexity index is 1060. The van der Waals surface area contributed by atoms with Crippen LogP contribution >= 0.6 is 0 Å². The van der Waals surface area contributed by atoms with E-state index in [4.69, 9.17) is 9.47 Å². The van der Waals surface area contributed by atoms with E-state index in [-0.39, 0.29) is 24.2 Å². The van der Waals surface area contributed by atoms with Crippen molar-refractivity contribution in [1.29, 1.82) is 0 Å². The number of ether oxygens (including phenoxy) is 2. The first kappa shape index (κ1) is 21.4. The van der Waals surface area contributed by atoms with Crippen LogP contribution in [0.5, 0.6) is 11.5 Å². The topological polar surface area (TPSA) is 65.4 Å². The van der Waals surface area contributed by atoms with Crippen molar-refractivity contribution in [2.75, 3.05) is 14.2 Å². The van der Waals surface area contributed by atoms with Gasteiger partial charge in [0.25, 0.3) is 0 Å². The van der Waals surface area contributed by atoms with Gasteiger partial charge in [0.05, 0.1) is 32.4 Å². The van der Waals surface area contributed by atoms with Crippen LogP contribution in [-0.4, -0.2) is 29.9 Å². The molecule has 1 N–H and O–H groups in total. The average molecular weight is 411 g/mol. The molecule has 1 atom stereocenters. The first-order valence-electron chi connectivity index (χ1n) is 9.67. The van der Waals surface area contributed by atoms with Crippen molar-refractivity contribution < 1.29 is 18.7 Å². The number of aryl methyl sites for hydroxylation is 1. The molecule has 2 aromatic carbocycles. The van der Waals surface area contributed by atoms with Crippen LogP contribution in [0, 0.1) is 19.7 Å². The van der Waals surface area contributed by atoms with Crippen LogP contribution in [0.25, 0.3) is 5.69 Å². The standard InChI is InChI=1S/C23H26FN3O3/c1-14(19-12-17(29-4)10-11-22(19)30-5)25-23(28)13-18-15(2)26-27(16(18)3)21-9-7-6-8-20(21)24/h6-12,14H,13H2,1-5H3,(H,25,28)/t14-/m0/s1. The van der Waals surface area contributed by atoms with Gasteiger partial charge in [-0.1, -0.05) is 12.1 Å². The molecule has 30 heavy (non-hydrogen) atoms. The Hall–Kier alpha value is -3.35. The summed E-state index contributed by atoms with van der Waals surface area (Å²) in [5.74, 6) is 0.831. The largest absolute Gasteiger partial charge is 0.497 e. The van der Waals surface area contributed by atoms with E-state index < -0.39 is 0 Å².